The smallest absolute Gasteiger partial charge is 0.343 e. The summed E-state index contributed by atoms with van der Waals surface area (Å²) < 4.78 is 7.27. The van der Waals surface area contributed by atoms with Crippen LogP contribution in [0, 0.1) is 5.92 Å². The molecule has 7 heteroatoms. The van der Waals surface area contributed by atoms with Crippen molar-refractivity contribution >= 4 is 50.0 Å². The van der Waals surface area contributed by atoms with E-state index in [1.807, 2.05) is 36.4 Å². The Kier molecular flexibility index (Phi) is 7.35. The fourth-order valence-electron chi connectivity index (χ4n) is 4.56. The first kappa shape index (κ1) is 25.1. The lowest BCUT2D eigenvalue weighted by atomic mass is 9.85. The molecule has 1 fully saturated rings. The molecule has 1 aliphatic rings. The minimum absolute atomic E-state index is 0.160. The molecule has 0 saturated heterocycles. The predicted molar refractivity (Wildman–Crippen MR) is 151 cm³/mol. The van der Waals surface area contributed by atoms with Crippen molar-refractivity contribution in [3.8, 4) is 5.75 Å². The van der Waals surface area contributed by atoms with Gasteiger partial charge in [0.15, 0.2) is 0 Å². The van der Waals surface area contributed by atoms with Gasteiger partial charge in [0.1, 0.15) is 5.75 Å². The quantitative estimate of drug-likeness (QED) is 0.106. The lowest BCUT2D eigenvalue weighted by Crippen LogP contribution is -2.25. The molecule has 184 valence electrons. The van der Waals surface area contributed by atoms with E-state index in [0.29, 0.717) is 23.3 Å². The van der Waals surface area contributed by atoms with Gasteiger partial charge in [-0.15, -0.1) is 0 Å². The molecule has 0 spiro atoms. The van der Waals surface area contributed by atoms with Crippen LogP contribution in [-0.2, 0) is 10.2 Å². The highest BCUT2D eigenvalue weighted by atomic mass is 79.9. The highest BCUT2D eigenvalue weighted by Gasteiger charge is 2.60. The van der Waals surface area contributed by atoms with Crippen molar-refractivity contribution in [3.05, 3.63) is 134 Å². The second-order valence-corrected chi connectivity index (χ2v) is 10.6. The van der Waals surface area contributed by atoms with Crippen molar-refractivity contribution in [3.63, 3.8) is 0 Å². The van der Waals surface area contributed by atoms with Gasteiger partial charge >= 0.3 is 5.97 Å². The van der Waals surface area contributed by atoms with Crippen molar-refractivity contribution in [1.29, 1.82) is 0 Å². The van der Waals surface area contributed by atoms with Crippen LogP contribution in [-0.4, -0.2) is 18.1 Å². The molecule has 0 aliphatic heterocycles. The van der Waals surface area contributed by atoms with E-state index >= 15 is 0 Å². The van der Waals surface area contributed by atoms with Crippen LogP contribution in [0.25, 0.3) is 0 Å². The monoisotopic (exact) mass is 616 g/mol. The Morgan fingerprint density at radius 2 is 1.43 bits per heavy atom. The lowest BCUT2D eigenvalue weighted by molar-refractivity contribution is -0.122. The summed E-state index contributed by atoms with van der Waals surface area (Å²) in [6, 6.07) is 32.3. The predicted octanol–water partition coefficient (Wildman–Crippen LogP) is 6.89. The summed E-state index contributed by atoms with van der Waals surface area (Å²) in [7, 11) is 0. The van der Waals surface area contributed by atoms with E-state index in [-0.39, 0.29) is 17.2 Å². The standard InChI is InChI=1S/C30H22Br2N2O3/c31-24-13-11-20(12-14-24)29(36)37-27-16-15-25(32)17-21(27)19-33-34-28(35)26-18-30(26,22-7-3-1-4-8-22)23-9-5-2-6-10-23/h1-17,19,26H,18H2,(H,34,35)/b33-19+/t26-/m0/s1. The molecule has 37 heavy (non-hydrogen) atoms. The van der Waals surface area contributed by atoms with Gasteiger partial charge in [-0.3, -0.25) is 4.79 Å². The maximum atomic E-state index is 13.2. The summed E-state index contributed by atoms with van der Waals surface area (Å²) in [6.07, 6.45) is 2.19. The fraction of sp³-hybridized carbons (Fsp3) is 0.100. The largest absolute Gasteiger partial charge is 0.422 e. The number of nitrogens with one attached hydrogen (secondary N) is 1. The van der Waals surface area contributed by atoms with E-state index in [4.69, 9.17) is 4.74 Å². The molecule has 5 rings (SSSR count). The zero-order valence-electron chi connectivity index (χ0n) is 19.6. The van der Waals surface area contributed by atoms with Crippen molar-refractivity contribution < 1.29 is 14.3 Å². The fourth-order valence-corrected chi connectivity index (χ4v) is 5.20. The molecule has 5 nitrogen and oxygen atoms in total. The van der Waals surface area contributed by atoms with E-state index in [1.165, 1.54) is 6.21 Å². The average molecular weight is 618 g/mol. The Balaban J connectivity index is 1.32. The summed E-state index contributed by atoms with van der Waals surface area (Å²) >= 11 is 6.80. The highest BCUT2D eigenvalue weighted by Crippen LogP contribution is 2.58. The van der Waals surface area contributed by atoms with Crippen LogP contribution in [0.3, 0.4) is 0 Å². The third-order valence-corrected chi connectivity index (χ3v) is 7.51. The maximum absolute atomic E-state index is 13.2. The molecular formula is C30H22Br2N2O3. The van der Waals surface area contributed by atoms with Crippen molar-refractivity contribution in [2.24, 2.45) is 11.0 Å². The van der Waals surface area contributed by atoms with Crippen LogP contribution in [0.15, 0.2) is 117 Å². The Morgan fingerprint density at radius 1 is 0.838 bits per heavy atom. The minimum Gasteiger partial charge on any atom is -0.422 e. The van der Waals surface area contributed by atoms with Crippen LogP contribution < -0.4 is 10.2 Å². The number of nitrogens with zero attached hydrogens (tertiary/aromatic N) is 1. The van der Waals surface area contributed by atoms with Crippen molar-refractivity contribution in [1.82, 2.24) is 5.43 Å². The molecular weight excluding hydrogens is 596 g/mol. The number of hydrazone groups is 1. The number of ether oxygens (including phenoxy) is 1. The van der Waals surface area contributed by atoms with Crippen LogP contribution in [0.1, 0.15) is 33.5 Å². The summed E-state index contributed by atoms with van der Waals surface area (Å²) in [5.41, 5.74) is 5.52. The first-order valence-electron chi connectivity index (χ1n) is 11.7. The third-order valence-electron chi connectivity index (χ3n) is 6.49. The van der Waals surface area contributed by atoms with E-state index < -0.39 is 5.97 Å². The number of benzene rings is 4. The molecule has 4 aromatic carbocycles. The minimum atomic E-state index is -0.484. The molecule has 0 unspecified atom stereocenters. The lowest BCUT2D eigenvalue weighted by Gasteiger charge is -2.18. The summed E-state index contributed by atoms with van der Waals surface area (Å²) in [5.74, 6) is -0.551. The number of amides is 1. The molecule has 1 N–H and O–H groups in total. The van der Waals surface area contributed by atoms with E-state index in [2.05, 4.69) is 66.7 Å². The third kappa shape index (κ3) is 5.43. The van der Waals surface area contributed by atoms with E-state index in [1.54, 1.807) is 42.5 Å². The molecule has 0 heterocycles. The summed E-state index contributed by atoms with van der Waals surface area (Å²) in [5, 5.41) is 4.21. The zero-order chi connectivity index (χ0) is 25.8. The number of carbonyl (C=O) groups is 2. The van der Waals surface area contributed by atoms with Gasteiger partial charge in [0, 0.05) is 19.9 Å². The highest BCUT2D eigenvalue weighted by molar-refractivity contribution is 9.10. The Bertz CT molecular complexity index is 1420. The molecule has 1 aliphatic carbocycles. The number of esters is 1. The normalized spacial score (nSPS) is 15.8. The average Bonchev–Trinajstić information content (AvgIpc) is 3.69. The second kappa shape index (κ2) is 10.8. The van der Waals surface area contributed by atoms with Gasteiger partial charge < -0.3 is 4.74 Å². The first-order valence-corrected chi connectivity index (χ1v) is 13.3. The van der Waals surface area contributed by atoms with Gasteiger partial charge in [-0.25, -0.2) is 10.2 Å². The molecule has 0 aromatic heterocycles. The molecule has 1 atom stereocenters. The van der Waals surface area contributed by atoms with E-state index in [9.17, 15) is 9.59 Å². The van der Waals surface area contributed by atoms with Gasteiger partial charge in [0.05, 0.1) is 17.7 Å². The van der Waals surface area contributed by atoms with E-state index in [0.717, 1.165) is 20.1 Å². The number of carbonyl (C=O) groups excluding carboxylic acids is 2. The molecule has 0 bridgehead atoms. The first-order chi connectivity index (χ1) is 18.0. The van der Waals surface area contributed by atoms with Crippen LogP contribution in [0.4, 0.5) is 0 Å². The van der Waals surface area contributed by atoms with Crippen LogP contribution in [0.5, 0.6) is 5.75 Å². The van der Waals surface area contributed by atoms with Crippen molar-refractivity contribution in [2.75, 3.05) is 0 Å². The maximum Gasteiger partial charge on any atom is 0.343 e. The number of hydrogen-bond acceptors (Lipinski definition) is 4. The van der Waals surface area contributed by atoms with Crippen molar-refractivity contribution in [2.45, 2.75) is 11.8 Å². The van der Waals surface area contributed by atoms with Crippen LogP contribution in [0.2, 0.25) is 0 Å². The second-order valence-electron chi connectivity index (χ2n) is 8.77. The SMILES string of the molecule is O=C(Oc1ccc(Br)cc1/C=N/NC(=O)[C@@H]1CC1(c1ccccc1)c1ccccc1)c1ccc(Br)cc1. The van der Waals surface area contributed by atoms with Gasteiger partial charge in [-0.05, 0) is 60.0 Å². The van der Waals surface area contributed by atoms with Gasteiger partial charge in [-0.1, -0.05) is 92.5 Å². The number of rotatable bonds is 7. The van der Waals surface area contributed by atoms with Gasteiger partial charge in [0.2, 0.25) is 5.91 Å². The summed E-state index contributed by atoms with van der Waals surface area (Å²) in [4.78, 5) is 25.8. The van der Waals surface area contributed by atoms with Gasteiger partial charge in [0.25, 0.3) is 0 Å². The number of hydrogen-bond donors (Lipinski definition) is 1. The Morgan fingerprint density at radius 3 is 2.05 bits per heavy atom. The van der Waals surface area contributed by atoms with Crippen LogP contribution >= 0.6 is 31.9 Å². The number of halogens is 2. The molecule has 0 radical (unpaired) electrons. The molecule has 1 saturated carbocycles. The van der Waals surface area contributed by atoms with Gasteiger partial charge in [-0.2, -0.15) is 5.10 Å². The Labute approximate surface area is 231 Å². The zero-order valence-corrected chi connectivity index (χ0v) is 22.8. The molecule has 4 aromatic rings. The summed E-state index contributed by atoms with van der Waals surface area (Å²) in [6.45, 7) is 0. The topological polar surface area (TPSA) is 67.8 Å². The Hall–Kier alpha value is -3.55. The molecule has 1 amide bonds.